The number of hydrogen-bond donors (Lipinski definition) is 0. The molecule has 0 unspecified atom stereocenters. The number of rotatable bonds is 5. The molecule has 0 radical (unpaired) electrons. The van der Waals surface area contributed by atoms with Crippen LogP contribution in [0.3, 0.4) is 0 Å². The maximum absolute atomic E-state index is 13.6. The van der Waals surface area contributed by atoms with E-state index in [9.17, 15) is 9.18 Å². The van der Waals surface area contributed by atoms with E-state index in [0.29, 0.717) is 5.56 Å². The number of halogens is 1. The second-order valence-electron chi connectivity index (χ2n) is 6.14. The number of nitrogens with zero attached hydrogens (tertiary/aromatic N) is 1. The number of carbonyl (C=O) groups excluding carboxylic acids is 1. The quantitative estimate of drug-likeness (QED) is 0.458. The van der Waals surface area contributed by atoms with Crippen molar-refractivity contribution in [3.63, 3.8) is 0 Å². The highest BCUT2D eigenvalue weighted by molar-refractivity contribution is 5.96. The Morgan fingerprint density at radius 3 is 2.58 bits per heavy atom. The summed E-state index contributed by atoms with van der Waals surface area (Å²) >= 11 is 0. The van der Waals surface area contributed by atoms with E-state index < -0.39 is 11.8 Å². The number of carbonyl (C=O) groups is 1. The molecule has 0 bridgehead atoms. The first-order valence-electron chi connectivity index (χ1n) is 8.55. The van der Waals surface area contributed by atoms with E-state index in [0.717, 1.165) is 36.1 Å². The Labute approximate surface area is 151 Å². The van der Waals surface area contributed by atoms with Gasteiger partial charge in [0.1, 0.15) is 17.6 Å². The van der Waals surface area contributed by atoms with Crippen molar-refractivity contribution in [2.45, 2.75) is 26.2 Å². The van der Waals surface area contributed by atoms with Gasteiger partial charge in [0, 0.05) is 6.07 Å². The molecule has 0 saturated heterocycles. The van der Waals surface area contributed by atoms with E-state index in [1.54, 1.807) is 18.2 Å². The summed E-state index contributed by atoms with van der Waals surface area (Å²) in [7, 11) is 0. The van der Waals surface area contributed by atoms with Crippen molar-refractivity contribution >= 4 is 16.7 Å². The topological polar surface area (TPSA) is 50.1 Å². The Hall–Kier alpha value is -3.19. The molecule has 26 heavy (non-hydrogen) atoms. The summed E-state index contributed by atoms with van der Waals surface area (Å²) in [6.45, 7) is 2.17. The molecule has 0 aliphatic heterocycles. The van der Waals surface area contributed by atoms with Crippen LogP contribution >= 0.6 is 0 Å². The zero-order valence-corrected chi connectivity index (χ0v) is 14.5. The summed E-state index contributed by atoms with van der Waals surface area (Å²) < 4.78 is 18.8. The number of ether oxygens (including phenoxy) is 1. The Balaban J connectivity index is 1.80. The second kappa shape index (κ2) is 7.79. The van der Waals surface area contributed by atoms with Gasteiger partial charge in [-0.2, -0.15) is 5.26 Å². The van der Waals surface area contributed by atoms with Crippen LogP contribution < -0.4 is 4.74 Å². The Kier molecular flexibility index (Phi) is 5.28. The van der Waals surface area contributed by atoms with Crippen LogP contribution in [0, 0.1) is 17.1 Å². The van der Waals surface area contributed by atoms with Crippen molar-refractivity contribution in [2.75, 3.05) is 0 Å². The molecule has 0 saturated carbocycles. The lowest BCUT2D eigenvalue weighted by Gasteiger charge is -2.07. The van der Waals surface area contributed by atoms with Gasteiger partial charge >= 0.3 is 5.97 Å². The molecule has 0 aliphatic rings. The third-order valence-electron chi connectivity index (χ3n) is 4.23. The Morgan fingerprint density at radius 2 is 1.85 bits per heavy atom. The van der Waals surface area contributed by atoms with Crippen LogP contribution in [0.15, 0.2) is 54.6 Å². The average molecular weight is 347 g/mol. The van der Waals surface area contributed by atoms with Crippen LogP contribution in [0.1, 0.15) is 41.3 Å². The molecule has 3 nitrogen and oxygen atoms in total. The zero-order valence-electron chi connectivity index (χ0n) is 14.5. The molecule has 4 heteroatoms. The normalized spacial score (nSPS) is 10.5. The molecule has 0 atom stereocenters. The SMILES string of the molecule is CCCCc1ccc2cc(C(=O)Oc3ccc(C#N)c(F)c3)ccc2c1. The number of benzene rings is 3. The summed E-state index contributed by atoms with van der Waals surface area (Å²) in [5.41, 5.74) is 1.58. The van der Waals surface area contributed by atoms with Crippen molar-refractivity contribution in [2.24, 2.45) is 0 Å². The lowest BCUT2D eigenvalue weighted by Crippen LogP contribution is -2.08. The van der Waals surface area contributed by atoms with Gasteiger partial charge in [-0.05, 0) is 53.4 Å². The summed E-state index contributed by atoms with van der Waals surface area (Å²) in [4.78, 5) is 12.3. The van der Waals surface area contributed by atoms with E-state index in [1.165, 1.54) is 17.7 Å². The van der Waals surface area contributed by atoms with E-state index in [4.69, 9.17) is 10.00 Å². The van der Waals surface area contributed by atoms with Gasteiger partial charge < -0.3 is 4.74 Å². The summed E-state index contributed by atoms with van der Waals surface area (Å²) in [5.74, 6) is -1.21. The molecule has 0 spiro atoms. The first kappa shape index (κ1) is 17.6. The highest BCUT2D eigenvalue weighted by Gasteiger charge is 2.11. The number of hydrogen-bond acceptors (Lipinski definition) is 3. The molecule has 3 aromatic carbocycles. The predicted octanol–water partition coefficient (Wildman–Crippen LogP) is 5.41. The minimum absolute atomic E-state index is 0.0708. The molecule has 0 aliphatic carbocycles. The number of nitriles is 1. The molecule has 0 amide bonds. The van der Waals surface area contributed by atoms with Crippen LogP contribution in [0.4, 0.5) is 4.39 Å². The van der Waals surface area contributed by atoms with Gasteiger partial charge in [-0.25, -0.2) is 9.18 Å². The summed E-state index contributed by atoms with van der Waals surface area (Å²) in [5, 5.41) is 10.8. The predicted molar refractivity (Wildman–Crippen MR) is 98.6 cm³/mol. The lowest BCUT2D eigenvalue weighted by atomic mass is 10.0. The summed E-state index contributed by atoms with van der Waals surface area (Å²) in [6.07, 6.45) is 3.34. The third-order valence-corrected chi connectivity index (χ3v) is 4.23. The molecular weight excluding hydrogens is 329 g/mol. The first-order chi connectivity index (χ1) is 12.6. The minimum atomic E-state index is -0.712. The monoisotopic (exact) mass is 347 g/mol. The zero-order chi connectivity index (χ0) is 18.5. The molecule has 3 rings (SSSR count). The number of esters is 1. The summed E-state index contributed by atoms with van der Waals surface area (Å²) in [6, 6.07) is 17.0. The largest absolute Gasteiger partial charge is 0.423 e. The van der Waals surface area contributed by atoms with Crippen molar-refractivity contribution in [1.82, 2.24) is 0 Å². The van der Waals surface area contributed by atoms with Crippen molar-refractivity contribution in [3.05, 3.63) is 77.1 Å². The molecule has 130 valence electrons. The van der Waals surface area contributed by atoms with E-state index in [1.807, 2.05) is 12.1 Å². The van der Waals surface area contributed by atoms with Gasteiger partial charge in [-0.1, -0.05) is 37.6 Å². The van der Waals surface area contributed by atoms with Crippen molar-refractivity contribution in [3.8, 4) is 11.8 Å². The van der Waals surface area contributed by atoms with Gasteiger partial charge in [0.25, 0.3) is 0 Å². The maximum atomic E-state index is 13.6. The van der Waals surface area contributed by atoms with E-state index in [2.05, 4.69) is 19.1 Å². The second-order valence-corrected chi connectivity index (χ2v) is 6.14. The maximum Gasteiger partial charge on any atom is 0.343 e. The fourth-order valence-corrected chi connectivity index (χ4v) is 2.77. The molecule has 0 heterocycles. The van der Waals surface area contributed by atoms with Gasteiger partial charge in [0.15, 0.2) is 0 Å². The van der Waals surface area contributed by atoms with E-state index in [-0.39, 0.29) is 11.3 Å². The number of unbranched alkanes of at least 4 members (excludes halogenated alkanes) is 1. The third kappa shape index (κ3) is 3.89. The molecule has 0 fully saturated rings. The Bertz CT molecular complexity index is 1000. The smallest absolute Gasteiger partial charge is 0.343 e. The van der Waals surface area contributed by atoms with Gasteiger partial charge in [0.05, 0.1) is 11.1 Å². The van der Waals surface area contributed by atoms with Crippen LogP contribution in [-0.4, -0.2) is 5.97 Å². The fourth-order valence-electron chi connectivity index (χ4n) is 2.77. The molecule has 0 aromatic heterocycles. The van der Waals surface area contributed by atoms with Gasteiger partial charge in [-0.15, -0.1) is 0 Å². The van der Waals surface area contributed by atoms with Crippen molar-refractivity contribution in [1.29, 1.82) is 5.26 Å². The lowest BCUT2D eigenvalue weighted by molar-refractivity contribution is 0.0734. The Morgan fingerprint density at radius 1 is 1.08 bits per heavy atom. The van der Waals surface area contributed by atoms with Crippen LogP contribution in [0.25, 0.3) is 10.8 Å². The van der Waals surface area contributed by atoms with Gasteiger partial charge in [-0.3, -0.25) is 0 Å². The molecule has 3 aromatic rings. The van der Waals surface area contributed by atoms with Gasteiger partial charge in [0.2, 0.25) is 0 Å². The standard InChI is InChI=1S/C22H18FNO2/c1-2-3-4-15-5-6-17-12-18(8-7-16(17)11-15)22(25)26-20-10-9-19(14-24)21(23)13-20/h5-13H,2-4H2,1H3. The highest BCUT2D eigenvalue weighted by Crippen LogP contribution is 2.21. The van der Waals surface area contributed by atoms with Crippen molar-refractivity contribution < 1.29 is 13.9 Å². The van der Waals surface area contributed by atoms with Crippen LogP contribution in [-0.2, 0) is 6.42 Å². The van der Waals surface area contributed by atoms with E-state index >= 15 is 0 Å². The number of aryl methyl sites for hydroxylation is 1. The van der Waals surface area contributed by atoms with Crippen LogP contribution in [0.2, 0.25) is 0 Å². The molecule has 0 N–H and O–H groups in total. The fraction of sp³-hybridized carbons (Fsp3) is 0.182. The van der Waals surface area contributed by atoms with Crippen LogP contribution in [0.5, 0.6) is 5.75 Å². The number of fused-ring (bicyclic) bond motifs is 1. The average Bonchev–Trinajstić information content (AvgIpc) is 2.66. The first-order valence-corrected chi connectivity index (χ1v) is 8.55. The molecular formula is C22H18FNO2. The minimum Gasteiger partial charge on any atom is -0.423 e. The highest BCUT2D eigenvalue weighted by atomic mass is 19.1.